The molecule has 4 nitrogen and oxygen atoms in total. The summed E-state index contributed by atoms with van der Waals surface area (Å²) < 4.78 is 7.25. The standard InChI is InChI=1S/C12H15N3O/c1-3-9-7-15-11(13-9)6-10(16-2)12(14-15)8-4-5-8/h6-8H,3-5H2,1-2H3. The maximum absolute atomic E-state index is 5.38. The highest BCUT2D eigenvalue weighted by Crippen LogP contribution is 2.43. The summed E-state index contributed by atoms with van der Waals surface area (Å²) in [5.41, 5.74) is 3.02. The van der Waals surface area contributed by atoms with Crippen molar-refractivity contribution in [1.29, 1.82) is 0 Å². The van der Waals surface area contributed by atoms with Gasteiger partial charge in [-0.2, -0.15) is 5.10 Å². The van der Waals surface area contributed by atoms with Crippen molar-refractivity contribution in [3.05, 3.63) is 23.7 Å². The van der Waals surface area contributed by atoms with E-state index >= 15 is 0 Å². The van der Waals surface area contributed by atoms with E-state index in [0.717, 1.165) is 29.2 Å². The molecule has 84 valence electrons. The fraction of sp³-hybridized carbons (Fsp3) is 0.500. The molecule has 0 amide bonds. The highest BCUT2D eigenvalue weighted by atomic mass is 16.5. The number of methoxy groups -OCH3 is 1. The van der Waals surface area contributed by atoms with Crippen LogP contribution in [-0.2, 0) is 6.42 Å². The predicted octanol–water partition coefficient (Wildman–Crippen LogP) is 2.18. The lowest BCUT2D eigenvalue weighted by Crippen LogP contribution is -2.00. The molecule has 0 aromatic carbocycles. The van der Waals surface area contributed by atoms with Crippen LogP contribution in [0.5, 0.6) is 5.75 Å². The fourth-order valence-corrected chi connectivity index (χ4v) is 1.94. The van der Waals surface area contributed by atoms with Gasteiger partial charge in [0.25, 0.3) is 0 Å². The monoisotopic (exact) mass is 217 g/mol. The van der Waals surface area contributed by atoms with E-state index < -0.39 is 0 Å². The Bertz CT molecular complexity index is 528. The maximum atomic E-state index is 5.38. The number of hydrogen-bond donors (Lipinski definition) is 0. The van der Waals surface area contributed by atoms with Crippen molar-refractivity contribution in [2.24, 2.45) is 0 Å². The molecule has 4 heteroatoms. The fourth-order valence-electron chi connectivity index (χ4n) is 1.94. The van der Waals surface area contributed by atoms with Crippen molar-refractivity contribution in [1.82, 2.24) is 14.6 Å². The zero-order chi connectivity index (χ0) is 11.1. The van der Waals surface area contributed by atoms with E-state index in [2.05, 4.69) is 17.0 Å². The number of hydrogen-bond acceptors (Lipinski definition) is 3. The lowest BCUT2D eigenvalue weighted by Gasteiger charge is -2.06. The van der Waals surface area contributed by atoms with E-state index in [1.54, 1.807) is 7.11 Å². The molecular weight excluding hydrogens is 202 g/mol. The number of ether oxygens (including phenoxy) is 1. The summed E-state index contributed by atoms with van der Waals surface area (Å²) in [6.45, 7) is 2.10. The highest BCUT2D eigenvalue weighted by Gasteiger charge is 2.29. The van der Waals surface area contributed by atoms with Crippen molar-refractivity contribution in [3.63, 3.8) is 0 Å². The van der Waals surface area contributed by atoms with Crippen molar-refractivity contribution in [3.8, 4) is 5.75 Å². The van der Waals surface area contributed by atoms with Gasteiger partial charge >= 0.3 is 0 Å². The molecule has 0 atom stereocenters. The van der Waals surface area contributed by atoms with Crippen molar-refractivity contribution < 1.29 is 4.74 Å². The van der Waals surface area contributed by atoms with Gasteiger partial charge in [-0.25, -0.2) is 9.50 Å². The Morgan fingerprint density at radius 3 is 2.94 bits per heavy atom. The number of aryl methyl sites for hydroxylation is 1. The van der Waals surface area contributed by atoms with Gasteiger partial charge in [0.05, 0.1) is 19.0 Å². The Morgan fingerprint density at radius 1 is 1.50 bits per heavy atom. The molecule has 2 heterocycles. The SMILES string of the molecule is CCc1cn2nc(C3CC3)c(OC)cc2n1. The smallest absolute Gasteiger partial charge is 0.157 e. The minimum absolute atomic E-state index is 0.590. The zero-order valence-corrected chi connectivity index (χ0v) is 9.60. The van der Waals surface area contributed by atoms with Gasteiger partial charge in [-0.05, 0) is 19.3 Å². The van der Waals surface area contributed by atoms with Crippen molar-refractivity contribution in [2.45, 2.75) is 32.1 Å². The molecule has 16 heavy (non-hydrogen) atoms. The van der Waals surface area contributed by atoms with E-state index in [4.69, 9.17) is 4.74 Å². The Morgan fingerprint density at radius 2 is 2.31 bits per heavy atom. The topological polar surface area (TPSA) is 39.4 Å². The Hall–Kier alpha value is -1.58. The molecule has 1 aliphatic rings. The predicted molar refractivity (Wildman–Crippen MR) is 60.9 cm³/mol. The maximum Gasteiger partial charge on any atom is 0.157 e. The first kappa shape index (κ1) is 9.63. The number of rotatable bonds is 3. The Balaban J connectivity index is 2.17. The Kier molecular flexibility index (Phi) is 2.09. The van der Waals surface area contributed by atoms with Crippen LogP contribution in [-0.4, -0.2) is 21.7 Å². The summed E-state index contributed by atoms with van der Waals surface area (Å²) in [6, 6.07) is 1.99. The van der Waals surface area contributed by atoms with E-state index in [1.807, 2.05) is 16.8 Å². The van der Waals surface area contributed by atoms with Gasteiger partial charge in [0.1, 0.15) is 11.4 Å². The molecule has 3 rings (SSSR count). The van der Waals surface area contributed by atoms with Crippen LogP contribution in [0.25, 0.3) is 5.65 Å². The van der Waals surface area contributed by atoms with Crippen LogP contribution in [0.15, 0.2) is 12.3 Å². The summed E-state index contributed by atoms with van der Waals surface area (Å²) in [6.07, 6.45) is 5.39. The van der Waals surface area contributed by atoms with Crippen LogP contribution in [0.2, 0.25) is 0 Å². The first-order valence-corrected chi connectivity index (χ1v) is 5.75. The van der Waals surface area contributed by atoms with Gasteiger partial charge in [-0.15, -0.1) is 0 Å². The average molecular weight is 217 g/mol. The van der Waals surface area contributed by atoms with Gasteiger partial charge in [0.2, 0.25) is 0 Å². The number of aromatic nitrogens is 3. The van der Waals surface area contributed by atoms with E-state index in [0.29, 0.717) is 5.92 Å². The van der Waals surface area contributed by atoms with E-state index in [9.17, 15) is 0 Å². The van der Waals surface area contributed by atoms with Gasteiger partial charge in [-0.3, -0.25) is 0 Å². The minimum Gasteiger partial charge on any atom is -0.495 e. The Labute approximate surface area is 94.3 Å². The van der Waals surface area contributed by atoms with Crippen molar-refractivity contribution in [2.75, 3.05) is 7.11 Å². The quantitative estimate of drug-likeness (QED) is 0.791. The molecule has 1 fully saturated rings. The molecule has 1 aliphatic carbocycles. The molecule has 1 saturated carbocycles. The summed E-state index contributed by atoms with van der Waals surface area (Å²) in [5, 5.41) is 4.61. The summed E-state index contributed by atoms with van der Waals surface area (Å²) in [4.78, 5) is 4.48. The van der Waals surface area contributed by atoms with Crippen LogP contribution < -0.4 is 4.74 Å². The normalized spacial score (nSPS) is 15.6. The second-order valence-electron chi connectivity index (χ2n) is 4.26. The van der Waals surface area contributed by atoms with Crippen LogP contribution in [0.3, 0.4) is 0 Å². The lowest BCUT2D eigenvalue weighted by molar-refractivity contribution is 0.405. The number of fused-ring (bicyclic) bond motifs is 1. The number of imidazole rings is 1. The first-order chi connectivity index (χ1) is 7.81. The summed E-state index contributed by atoms with van der Waals surface area (Å²) in [5.74, 6) is 1.47. The van der Waals surface area contributed by atoms with Gasteiger partial charge < -0.3 is 4.74 Å². The summed E-state index contributed by atoms with van der Waals surface area (Å²) in [7, 11) is 1.70. The molecule has 0 aliphatic heterocycles. The third-order valence-corrected chi connectivity index (χ3v) is 3.04. The molecular formula is C12H15N3O. The molecule has 0 bridgehead atoms. The van der Waals surface area contributed by atoms with Crippen molar-refractivity contribution >= 4 is 5.65 Å². The van der Waals surface area contributed by atoms with Crippen LogP contribution in [0, 0.1) is 0 Å². The minimum atomic E-state index is 0.590. The second-order valence-corrected chi connectivity index (χ2v) is 4.26. The van der Waals surface area contributed by atoms with Gasteiger partial charge in [0.15, 0.2) is 5.65 Å². The van der Waals surface area contributed by atoms with Crippen LogP contribution in [0.4, 0.5) is 0 Å². The molecule has 0 saturated heterocycles. The van der Waals surface area contributed by atoms with Crippen LogP contribution >= 0.6 is 0 Å². The zero-order valence-electron chi connectivity index (χ0n) is 9.60. The largest absolute Gasteiger partial charge is 0.495 e. The molecule has 0 radical (unpaired) electrons. The summed E-state index contributed by atoms with van der Waals surface area (Å²) >= 11 is 0. The number of nitrogens with zero attached hydrogens (tertiary/aromatic N) is 3. The molecule has 0 unspecified atom stereocenters. The third-order valence-electron chi connectivity index (χ3n) is 3.04. The lowest BCUT2D eigenvalue weighted by atomic mass is 10.2. The average Bonchev–Trinajstić information content (AvgIpc) is 3.07. The van der Waals surface area contributed by atoms with E-state index in [-0.39, 0.29) is 0 Å². The molecule has 2 aromatic rings. The third kappa shape index (κ3) is 1.45. The van der Waals surface area contributed by atoms with Gasteiger partial charge in [0, 0.05) is 12.0 Å². The highest BCUT2D eigenvalue weighted by molar-refractivity contribution is 5.47. The molecule has 0 spiro atoms. The second kappa shape index (κ2) is 3.47. The van der Waals surface area contributed by atoms with Gasteiger partial charge in [-0.1, -0.05) is 6.92 Å². The molecule has 0 N–H and O–H groups in total. The van der Waals surface area contributed by atoms with E-state index in [1.165, 1.54) is 12.8 Å². The molecule has 2 aromatic heterocycles. The first-order valence-electron chi connectivity index (χ1n) is 5.75. The van der Waals surface area contributed by atoms with Crippen LogP contribution in [0.1, 0.15) is 37.1 Å².